The Balaban J connectivity index is 3.04. The standard InChI is InChI=1S/C13H19NO4S/c1-6-18-13(16)10-7(2)9(4)19-12(10)14-11(15)8(3)17-5/h8H,6H2,1-5H3,(H,14,15). The van der Waals surface area contributed by atoms with E-state index in [9.17, 15) is 9.59 Å². The zero-order valence-electron chi connectivity index (χ0n) is 11.8. The summed E-state index contributed by atoms with van der Waals surface area (Å²) in [7, 11) is 1.46. The first-order valence-electron chi connectivity index (χ1n) is 6.03. The average molecular weight is 285 g/mol. The van der Waals surface area contributed by atoms with Gasteiger partial charge in [-0.05, 0) is 33.3 Å². The number of carbonyl (C=O) groups is 2. The first-order valence-corrected chi connectivity index (χ1v) is 6.84. The van der Waals surface area contributed by atoms with E-state index >= 15 is 0 Å². The maximum atomic E-state index is 11.9. The first-order chi connectivity index (χ1) is 8.92. The molecule has 1 rings (SSSR count). The lowest BCUT2D eigenvalue weighted by molar-refractivity contribution is -0.124. The van der Waals surface area contributed by atoms with Crippen LogP contribution in [0.4, 0.5) is 5.00 Å². The van der Waals surface area contributed by atoms with Gasteiger partial charge >= 0.3 is 5.97 Å². The van der Waals surface area contributed by atoms with Gasteiger partial charge in [-0.15, -0.1) is 11.3 Å². The Morgan fingerprint density at radius 3 is 2.53 bits per heavy atom. The number of methoxy groups -OCH3 is 1. The second kappa shape index (κ2) is 6.68. The number of anilines is 1. The third-order valence-corrected chi connectivity index (χ3v) is 3.95. The minimum atomic E-state index is -0.572. The van der Waals surface area contributed by atoms with E-state index < -0.39 is 12.1 Å². The Kier molecular flexibility index (Phi) is 5.50. The number of hydrogen-bond acceptors (Lipinski definition) is 5. The molecule has 1 aromatic rings. The van der Waals surface area contributed by atoms with E-state index in [1.807, 2.05) is 13.8 Å². The Morgan fingerprint density at radius 1 is 1.37 bits per heavy atom. The van der Waals surface area contributed by atoms with Crippen LogP contribution in [0, 0.1) is 13.8 Å². The molecular weight excluding hydrogens is 266 g/mol. The topological polar surface area (TPSA) is 64.6 Å². The van der Waals surface area contributed by atoms with Crippen molar-refractivity contribution >= 4 is 28.2 Å². The normalized spacial score (nSPS) is 12.1. The zero-order valence-corrected chi connectivity index (χ0v) is 12.6. The van der Waals surface area contributed by atoms with Gasteiger partial charge in [0.2, 0.25) is 0 Å². The summed E-state index contributed by atoms with van der Waals surface area (Å²) in [5.41, 5.74) is 1.27. The maximum absolute atomic E-state index is 11.9. The molecule has 0 bridgehead atoms. The lowest BCUT2D eigenvalue weighted by Gasteiger charge is -2.10. The highest BCUT2D eigenvalue weighted by molar-refractivity contribution is 7.16. The van der Waals surface area contributed by atoms with Gasteiger partial charge in [0.1, 0.15) is 11.1 Å². The predicted molar refractivity (Wildman–Crippen MR) is 74.9 cm³/mol. The van der Waals surface area contributed by atoms with Crippen LogP contribution in [-0.2, 0) is 14.3 Å². The van der Waals surface area contributed by atoms with E-state index in [1.54, 1.807) is 13.8 Å². The molecule has 0 fully saturated rings. The number of ether oxygens (including phenoxy) is 2. The van der Waals surface area contributed by atoms with E-state index in [1.165, 1.54) is 18.4 Å². The molecule has 0 aliphatic rings. The number of rotatable bonds is 5. The van der Waals surface area contributed by atoms with Crippen molar-refractivity contribution in [2.24, 2.45) is 0 Å². The SMILES string of the molecule is CCOC(=O)c1c(NC(=O)C(C)OC)sc(C)c1C. The third-order valence-electron chi connectivity index (χ3n) is 2.82. The zero-order chi connectivity index (χ0) is 14.6. The van der Waals surface area contributed by atoms with Crippen LogP contribution < -0.4 is 5.32 Å². The summed E-state index contributed by atoms with van der Waals surface area (Å²) in [6, 6.07) is 0. The van der Waals surface area contributed by atoms with Gasteiger partial charge in [-0.2, -0.15) is 0 Å². The number of esters is 1. The van der Waals surface area contributed by atoms with E-state index in [-0.39, 0.29) is 5.91 Å². The summed E-state index contributed by atoms with van der Waals surface area (Å²) in [6.45, 7) is 7.44. The molecule has 1 atom stereocenters. The summed E-state index contributed by atoms with van der Waals surface area (Å²) in [6.07, 6.45) is -0.572. The van der Waals surface area contributed by atoms with E-state index in [2.05, 4.69) is 5.32 Å². The van der Waals surface area contributed by atoms with Crippen molar-refractivity contribution in [3.8, 4) is 0 Å². The van der Waals surface area contributed by atoms with Crippen molar-refractivity contribution in [2.75, 3.05) is 19.0 Å². The number of carbonyl (C=O) groups excluding carboxylic acids is 2. The van der Waals surface area contributed by atoms with Gasteiger partial charge in [-0.25, -0.2) is 4.79 Å². The summed E-state index contributed by atoms with van der Waals surface area (Å²) in [5.74, 6) is -0.695. The molecule has 1 heterocycles. The van der Waals surface area contributed by atoms with Crippen molar-refractivity contribution in [1.29, 1.82) is 0 Å². The molecule has 0 aromatic carbocycles. The minimum absolute atomic E-state index is 0.283. The average Bonchev–Trinajstić information content (AvgIpc) is 2.64. The molecule has 0 saturated heterocycles. The van der Waals surface area contributed by atoms with Gasteiger partial charge in [0.25, 0.3) is 5.91 Å². The fourth-order valence-corrected chi connectivity index (χ4v) is 2.54. The summed E-state index contributed by atoms with van der Waals surface area (Å²) in [4.78, 5) is 24.7. The highest BCUT2D eigenvalue weighted by atomic mass is 32.1. The number of thiophene rings is 1. The Bertz CT molecular complexity index is 481. The molecule has 1 N–H and O–H groups in total. The van der Waals surface area contributed by atoms with Crippen LogP contribution in [0.1, 0.15) is 34.6 Å². The van der Waals surface area contributed by atoms with Crippen LogP contribution in [0.3, 0.4) is 0 Å². The summed E-state index contributed by atoms with van der Waals surface area (Å²) in [5, 5.41) is 3.23. The number of nitrogens with one attached hydrogen (secondary N) is 1. The monoisotopic (exact) mass is 285 g/mol. The Hall–Kier alpha value is -1.40. The molecule has 5 nitrogen and oxygen atoms in total. The van der Waals surface area contributed by atoms with Crippen LogP contribution in [0.5, 0.6) is 0 Å². The highest BCUT2D eigenvalue weighted by Gasteiger charge is 2.23. The Morgan fingerprint density at radius 2 is 2.00 bits per heavy atom. The summed E-state index contributed by atoms with van der Waals surface area (Å²) < 4.78 is 9.96. The predicted octanol–water partition coefficient (Wildman–Crippen LogP) is 2.52. The lowest BCUT2D eigenvalue weighted by atomic mass is 10.1. The molecular formula is C13H19NO4S. The molecule has 0 aliphatic carbocycles. The van der Waals surface area contributed by atoms with Crippen molar-refractivity contribution in [1.82, 2.24) is 0 Å². The molecule has 0 aliphatic heterocycles. The van der Waals surface area contributed by atoms with Crippen molar-refractivity contribution < 1.29 is 19.1 Å². The Labute approximate surface area is 116 Å². The van der Waals surface area contributed by atoms with Crippen LogP contribution in [0.25, 0.3) is 0 Å². The van der Waals surface area contributed by atoms with E-state index in [0.29, 0.717) is 17.2 Å². The molecule has 1 unspecified atom stereocenters. The molecule has 1 amide bonds. The molecule has 1 aromatic heterocycles. The van der Waals surface area contributed by atoms with Gasteiger partial charge < -0.3 is 14.8 Å². The molecule has 19 heavy (non-hydrogen) atoms. The van der Waals surface area contributed by atoms with Gasteiger partial charge in [0.15, 0.2) is 0 Å². The van der Waals surface area contributed by atoms with Gasteiger partial charge in [-0.3, -0.25) is 4.79 Å². The third kappa shape index (κ3) is 3.54. The molecule has 0 spiro atoms. The van der Waals surface area contributed by atoms with E-state index in [0.717, 1.165) is 10.4 Å². The van der Waals surface area contributed by atoms with Crippen LogP contribution in [0.15, 0.2) is 0 Å². The van der Waals surface area contributed by atoms with Crippen LogP contribution in [0.2, 0.25) is 0 Å². The van der Waals surface area contributed by atoms with Gasteiger partial charge in [0.05, 0.1) is 12.2 Å². The maximum Gasteiger partial charge on any atom is 0.341 e. The smallest absolute Gasteiger partial charge is 0.341 e. The molecule has 106 valence electrons. The highest BCUT2D eigenvalue weighted by Crippen LogP contribution is 2.33. The van der Waals surface area contributed by atoms with Gasteiger partial charge in [0, 0.05) is 12.0 Å². The minimum Gasteiger partial charge on any atom is -0.462 e. The van der Waals surface area contributed by atoms with Gasteiger partial charge in [-0.1, -0.05) is 0 Å². The van der Waals surface area contributed by atoms with Crippen LogP contribution >= 0.6 is 11.3 Å². The fraction of sp³-hybridized carbons (Fsp3) is 0.538. The second-order valence-corrected chi connectivity index (χ2v) is 5.30. The number of hydrogen-bond donors (Lipinski definition) is 1. The van der Waals surface area contributed by atoms with Crippen molar-refractivity contribution in [2.45, 2.75) is 33.8 Å². The molecule has 0 radical (unpaired) electrons. The van der Waals surface area contributed by atoms with Crippen molar-refractivity contribution in [3.05, 3.63) is 16.0 Å². The molecule has 6 heteroatoms. The number of amides is 1. The van der Waals surface area contributed by atoms with E-state index in [4.69, 9.17) is 9.47 Å². The second-order valence-electron chi connectivity index (χ2n) is 4.08. The molecule has 0 saturated carbocycles. The first kappa shape index (κ1) is 15.7. The number of aryl methyl sites for hydroxylation is 1. The fourth-order valence-electron chi connectivity index (χ4n) is 1.48. The van der Waals surface area contributed by atoms with Crippen molar-refractivity contribution in [3.63, 3.8) is 0 Å². The summed E-state index contributed by atoms with van der Waals surface area (Å²) >= 11 is 1.36. The quantitative estimate of drug-likeness (QED) is 0.844. The lowest BCUT2D eigenvalue weighted by Crippen LogP contribution is -2.27. The van der Waals surface area contributed by atoms with Crippen LogP contribution in [-0.4, -0.2) is 31.7 Å². The largest absolute Gasteiger partial charge is 0.462 e.